The van der Waals surface area contributed by atoms with Gasteiger partial charge in [-0.25, -0.2) is 0 Å². The average Bonchev–Trinajstić information content (AvgIpc) is 2.72. The maximum absolute atomic E-state index is 13.2. The van der Waals surface area contributed by atoms with Crippen molar-refractivity contribution in [3.8, 4) is 0 Å². The van der Waals surface area contributed by atoms with Crippen LogP contribution in [0.15, 0.2) is 60.7 Å². The van der Waals surface area contributed by atoms with Gasteiger partial charge in [-0.2, -0.15) is 0 Å². The standard InChI is InChI=1S/C21H23N3O3/c22-19(25)17-12-7-13-24(14-17)21(27)18(15-8-3-1-4-9-15)23-20(26)16-10-5-2-6-11-16/h1-6,8-11,17-18H,7,12-14H2,(H2,22,25)(H,23,26). The molecule has 2 unspecified atom stereocenters. The van der Waals surface area contributed by atoms with Crippen molar-refractivity contribution in [2.75, 3.05) is 13.1 Å². The summed E-state index contributed by atoms with van der Waals surface area (Å²) in [6, 6.07) is 17.1. The van der Waals surface area contributed by atoms with Crippen LogP contribution in [0.3, 0.4) is 0 Å². The van der Waals surface area contributed by atoms with E-state index in [-0.39, 0.29) is 17.7 Å². The van der Waals surface area contributed by atoms with Crippen LogP contribution in [0.4, 0.5) is 0 Å². The van der Waals surface area contributed by atoms with Gasteiger partial charge < -0.3 is 16.0 Å². The van der Waals surface area contributed by atoms with E-state index in [1.165, 1.54) is 0 Å². The van der Waals surface area contributed by atoms with E-state index in [2.05, 4.69) is 5.32 Å². The highest BCUT2D eigenvalue weighted by Gasteiger charge is 2.32. The highest BCUT2D eigenvalue weighted by atomic mass is 16.2. The molecule has 27 heavy (non-hydrogen) atoms. The summed E-state index contributed by atoms with van der Waals surface area (Å²) in [4.78, 5) is 39.0. The van der Waals surface area contributed by atoms with Crippen molar-refractivity contribution in [1.29, 1.82) is 0 Å². The Balaban J connectivity index is 1.83. The van der Waals surface area contributed by atoms with Crippen molar-refractivity contribution in [3.05, 3.63) is 71.8 Å². The number of amides is 3. The smallest absolute Gasteiger partial charge is 0.252 e. The number of nitrogens with one attached hydrogen (secondary N) is 1. The lowest BCUT2D eigenvalue weighted by Crippen LogP contribution is -2.49. The quantitative estimate of drug-likeness (QED) is 0.847. The lowest BCUT2D eigenvalue weighted by Gasteiger charge is -2.34. The molecule has 0 aliphatic carbocycles. The van der Waals surface area contributed by atoms with Crippen LogP contribution in [0.5, 0.6) is 0 Å². The Kier molecular flexibility index (Phi) is 5.86. The van der Waals surface area contributed by atoms with Gasteiger partial charge in [0.05, 0.1) is 5.92 Å². The molecule has 1 heterocycles. The molecule has 1 fully saturated rings. The number of hydrogen-bond acceptors (Lipinski definition) is 3. The lowest BCUT2D eigenvalue weighted by molar-refractivity contribution is -0.136. The minimum Gasteiger partial charge on any atom is -0.369 e. The molecule has 1 saturated heterocycles. The van der Waals surface area contributed by atoms with E-state index in [4.69, 9.17) is 5.73 Å². The topological polar surface area (TPSA) is 92.5 Å². The highest BCUT2D eigenvalue weighted by Crippen LogP contribution is 2.22. The molecule has 2 aromatic carbocycles. The normalized spacial score (nSPS) is 17.8. The van der Waals surface area contributed by atoms with Gasteiger partial charge in [0.25, 0.3) is 5.91 Å². The van der Waals surface area contributed by atoms with E-state index < -0.39 is 11.9 Å². The van der Waals surface area contributed by atoms with Gasteiger partial charge in [-0.1, -0.05) is 48.5 Å². The fourth-order valence-corrected chi connectivity index (χ4v) is 3.33. The minimum absolute atomic E-state index is 0.226. The molecule has 1 aliphatic rings. The van der Waals surface area contributed by atoms with Crippen LogP contribution in [0.1, 0.15) is 34.8 Å². The Bertz CT molecular complexity index is 808. The number of benzene rings is 2. The molecule has 6 heteroatoms. The second kappa shape index (κ2) is 8.49. The van der Waals surface area contributed by atoms with Crippen molar-refractivity contribution in [1.82, 2.24) is 10.2 Å². The zero-order valence-electron chi connectivity index (χ0n) is 15.0. The van der Waals surface area contributed by atoms with Crippen molar-refractivity contribution < 1.29 is 14.4 Å². The van der Waals surface area contributed by atoms with Crippen molar-refractivity contribution in [2.24, 2.45) is 11.7 Å². The van der Waals surface area contributed by atoms with Gasteiger partial charge in [0.2, 0.25) is 11.8 Å². The highest BCUT2D eigenvalue weighted by molar-refractivity contribution is 5.98. The van der Waals surface area contributed by atoms with E-state index in [1.54, 1.807) is 29.2 Å². The van der Waals surface area contributed by atoms with E-state index in [0.717, 1.165) is 0 Å². The van der Waals surface area contributed by atoms with Gasteiger partial charge >= 0.3 is 0 Å². The van der Waals surface area contributed by atoms with Crippen molar-refractivity contribution in [3.63, 3.8) is 0 Å². The summed E-state index contributed by atoms with van der Waals surface area (Å²) in [6.07, 6.45) is 1.40. The first kappa shape index (κ1) is 18.6. The van der Waals surface area contributed by atoms with Gasteiger partial charge in [0.15, 0.2) is 0 Å². The molecular weight excluding hydrogens is 342 g/mol. The molecule has 0 radical (unpaired) electrons. The number of hydrogen-bond donors (Lipinski definition) is 2. The number of piperidine rings is 1. The number of nitrogens with zero attached hydrogens (tertiary/aromatic N) is 1. The Morgan fingerprint density at radius 3 is 2.26 bits per heavy atom. The number of rotatable bonds is 5. The van der Waals surface area contributed by atoms with Gasteiger partial charge in [-0.15, -0.1) is 0 Å². The SMILES string of the molecule is NC(=O)C1CCCN(C(=O)C(NC(=O)c2ccccc2)c2ccccc2)C1. The molecule has 3 N–H and O–H groups in total. The maximum Gasteiger partial charge on any atom is 0.252 e. The maximum atomic E-state index is 13.2. The fraction of sp³-hybridized carbons (Fsp3) is 0.286. The van der Waals surface area contributed by atoms with Crippen LogP contribution < -0.4 is 11.1 Å². The number of carbonyl (C=O) groups excluding carboxylic acids is 3. The van der Waals surface area contributed by atoms with Gasteiger partial charge in [0.1, 0.15) is 6.04 Å². The molecular formula is C21H23N3O3. The number of likely N-dealkylation sites (tertiary alicyclic amines) is 1. The molecule has 2 atom stereocenters. The van der Waals surface area contributed by atoms with Crippen LogP contribution in [0, 0.1) is 5.92 Å². The van der Waals surface area contributed by atoms with Gasteiger partial charge in [-0.3, -0.25) is 14.4 Å². The molecule has 0 aromatic heterocycles. The number of carbonyl (C=O) groups is 3. The second-order valence-corrected chi connectivity index (χ2v) is 6.71. The van der Waals surface area contributed by atoms with E-state index in [0.29, 0.717) is 37.1 Å². The van der Waals surface area contributed by atoms with Crippen LogP contribution >= 0.6 is 0 Å². The van der Waals surface area contributed by atoms with Crippen LogP contribution in [0.25, 0.3) is 0 Å². The van der Waals surface area contributed by atoms with Gasteiger partial charge in [0, 0.05) is 18.7 Å². The summed E-state index contributed by atoms with van der Waals surface area (Å²) in [5.41, 5.74) is 6.61. The van der Waals surface area contributed by atoms with Crippen LogP contribution in [-0.2, 0) is 9.59 Å². The van der Waals surface area contributed by atoms with Crippen LogP contribution in [-0.4, -0.2) is 35.7 Å². The fourth-order valence-electron chi connectivity index (χ4n) is 3.33. The summed E-state index contributed by atoms with van der Waals surface area (Å²) >= 11 is 0. The predicted molar refractivity (Wildman–Crippen MR) is 102 cm³/mol. The second-order valence-electron chi connectivity index (χ2n) is 6.71. The summed E-state index contributed by atoms with van der Waals surface area (Å²) in [7, 11) is 0. The van der Waals surface area contributed by atoms with E-state index in [1.807, 2.05) is 36.4 Å². The molecule has 3 amide bonds. The summed E-state index contributed by atoms with van der Waals surface area (Å²) in [6.45, 7) is 0.839. The molecule has 2 aromatic rings. The Labute approximate surface area is 158 Å². The molecule has 0 spiro atoms. The first-order valence-corrected chi connectivity index (χ1v) is 9.05. The first-order chi connectivity index (χ1) is 13.1. The third-order valence-corrected chi connectivity index (χ3v) is 4.83. The molecule has 0 saturated carbocycles. The molecule has 6 nitrogen and oxygen atoms in total. The Morgan fingerprint density at radius 1 is 1.00 bits per heavy atom. The third-order valence-electron chi connectivity index (χ3n) is 4.83. The minimum atomic E-state index is -0.814. The molecule has 140 valence electrons. The zero-order valence-corrected chi connectivity index (χ0v) is 15.0. The summed E-state index contributed by atoms with van der Waals surface area (Å²) in [5, 5.41) is 2.84. The first-order valence-electron chi connectivity index (χ1n) is 9.05. The average molecular weight is 365 g/mol. The molecule has 0 bridgehead atoms. The number of nitrogens with two attached hydrogens (primary N) is 1. The van der Waals surface area contributed by atoms with Crippen molar-refractivity contribution in [2.45, 2.75) is 18.9 Å². The summed E-state index contributed by atoms with van der Waals surface area (Å²) < 4.78 is 0. The van der Waals surface area contributed by atoms with Crippen molar-refractivity contribution >= 4 is 17.7 Å². The monoisotopic (exact) mass is 365 g/mol. The van der Waals surface area contributed by atoms with E-state index in [9.17, 15) is 14.4 Å². The van der Waals surface area contributed by atoms with Crippen LogP contribution in [0.2, 0.25) is 0 Å². The van der Waals surface area contributed by atoms with Gasteiger partial charge in [-0.05, 0) is 30.5 Å². The summed E-state index contributed by atoms with van der Waals surface area (Å²) in [5.74, 6) is -1.28. The predicted octanol–water partition coefficient (Wildman–Crippen LogP) is 1.88. The molecule has 1 aliphatic heterocycles. The van der Waals surface area contributed by atoms with E-state index >= 15 is 0 Å². The third kappa shape index (κ3) is 4.53. The zero-order chi connectivity index (χ0) is 19.2. The molecule has 3 rings (SSSR count). The largest absolute Gasteiger partial charge is 0.369 e. The Hall–Kier alpha value is -3.15. The lowest BCUT2D eigenvalue weighted by atomic mass is 9.96. The Morgan fingerprint density at radius 2 is 1.63 bits per heavy atom. The number of primary amides is 1.